The lowest BCUT2D eigenvalue weighted by Gasteiger charge is -2.33. The maximum Gasteiger partial charge on any atom is 0.269 e. The molecule has 1 unspecified atom stereocenters. The number of rotatable bonds is 13. The van der Waals surface area contributed by atoms with Gasteiger partial charge in [-0.3, -0.25) is 24.0 Å². The van der Waals surface area contributed by atoms with Gasteiger partial charge in [0.25, 0.3) is 15.7 Å². The van der Waals surface area contributed by atoms with Crippen molar-refractivity contribution in [1.82, 2.24) is 10.2 Å². The SMILES string of the molecule is CCNC(=O)C(Cc1ccccc1)N(Cc1ccc(Cl)c(Cl)c1)C(=O)CN(c1ccc([N+](=O)[O-])cc1)S(=O)(=O)c1ccccc1. The van der Waals surface area contributed by atoms with E-state index < -0.39 is 39.3 Å². The molecule has 4 rings (SSSR count). The Kier molecular flexibility index (Phi) is 11.2. The van der Waals surface area contributed by atoms with Crippen LogP contribution in [-0.4, -0.2) is 49.2 Å². The number of halogens is 2. The summed E-state index contributed by atoms with van der Waals surface area (Å²) in [5.41, 5.74) is 1.13. The van der Waals surface area contributed by atoms with Crippen LogP contribution < -0.4 is 9.62 Å². The van der Waals surface area contributed by atoms with Crippen molar-refractivity contribution in [3.05, 3.63) is 134 Å². The zero-order valence-electron chi connectivity index (χ0n) is 24.2. The average Bonchev–Trinajstić information content (AvgIpc) is 3.04. The predicted molar refractivity (Wildman–Crippen MR) is 174 cm³/mol. The predicted octanol–water partition coefficient (Wildman–Crippen LogP) is 5.87. The van der Waals surface area contributed by atoms with Gasteiger partial charge in [-0.25, -0.2) is 8.42 Å². The number of nitro benzene ring substituents is 1. The van der Waals surface area contributed by atoms with E-state index in [1.165, 1.54) is 29.2 Å². The maximum atomic E-state index is 14.3. The third-order valence-electron chi connectivity index (χ3n) is 6.92. The van der Waals surface area contributed by atoms with Gasteiger partial charge in [-0.15, -0.1) is 0 Å². The van der Waals surface area contributed by atoms with Crippen LogP contribution >= 0.6 is 23.2 Å². The van der Waals surface area contributed by atoms with E-state index in [2.05, 4.69) is 5.32 Å². The summed E-state index contributed by atoms with van der Waals surface area (Å²) in [6, 6.07) is 25.3. The molecule has 0 saturated carbocycles. The Bertz CT molecular complexity index is 1760. The summed E-state index contributed by atoms with van der Waals surface area (Å²) < 4.78 is 28.8. The second-order valence-corrected chi connectivity index (χ2v) is 12.6. The molecule has 4 aromatic carbocycles. The topological polar surface area (TPSA) is 130 Å². The fraction of sp³-hybridized carbons (Fsp3) is 0.188. The van der Waals surface area contributed by atoms with Crippen LogP contribution in [0.1, 0.15) is 18.1 Å². The molecule has 0 heterocycles. The number of anilines is 1. The van der Waals surface area contributed by atoms with Crippen LogP contribution in [0.2, 0.25) is 10.0 Å². The summed E-state index contributed by atoms with van der Waals surface area (Å²) >= 11 is 12.4. The van der Waals surface area contributed by atoms with Crippen molar-refractivity contribution in [2.45, 2.75) is 30.8 Å². The molecule has 0 spiro atoms. The Morgan fingerprint density at radius 1 is 0.867 bits per heavy atom. The number of non-ortho nitro benzene ring substituents is 1. The van der Waals surface area contributed by atoms with Crippen molar-refractivity contribution in [3.8, 4) is 0 Å². The number of sulfonamides is 1. The second-order valence-electron chi connectivity index (χ2n) is 9.97. The van der Waals surface area contributed by atoms with Gasteiger partial charge in [0.15, 0.2) is 0 Å². The van der Waals surface area contributed by atoms with Gasteiger partial charge >= 0.3 is 0 Å². The van der Waals surface area contributed by atoms with Gasteiger partial charge in [-0.2, -0.15) is 0 Å². The summed E-state index contributed by atoms with van der Waals surface area (Å²) in [4.78, 5) is 39.8. The molecule has 2 amide bonds. The molecule has 0 aliphatic rings. The van der Waals surface area contributed by atoms with Crippen LogP contribution in [0.3, 0.4) is 0 Å². The summed E-state index contributed by atoms with van der Waals surface area (Å²) in [6.07, 6.45) is 0.142. The molecule has 1 N–H and O–H groups in total. The van der Waals surface area contributed by atoms with Gasteiger partial charge in [0.1, 0.15) is 12.6 Å². The molecule has 4 aromatic rings. The first-order valence-electron chi connectivity index (χ1n) is 13.9. The second kappa shape index (κ2) is 15.0. The van der Waals surface area contributed by atoms with E-state index in [0.717, 1.165) is 22.0 Å². The number of hydrogen-bond donors (Lipinski definition) is 1. The summed E-state index contributed by atoms with van der Waals surface area (Å²) in [7, 11) is -4.34. The number of hydrogen-bond acceptors (Lipinski definition) is 6. The van der Waals surface area contributed by atoms with Gasteiger partial charge < -0.3 is 10.2 Å². The van der Waals surface area contributed by atoms with Crippen molar-refractivity contribution < 1.29 is 22.9 Å². The van der Waals surface area contributed by atoms with E-state index in [9.17, 15) is 28.1 Å². The normalized spacial score (nSPS) is 11.8. The largest absolute Gasteiger partial charge is 0.355 e. The number of benzene rings is 4. The number of nitrogens with zero attached hydrogens (tertiary/aromatic N) is 3. The third kappa shape index (κ3) is 8.39. The molecule has 0 saturated heterocycles. The first-order valence-corrected chi connectivity index (χ1v) is 16.1. The van der Waals surface area contributed by atoms with E-state index in [0.29, 0.717) is 17.1 Å². The number of amides is 2. The molecule has 45 heavy (non-hydrogen) atoms. The summed E-state index contributed by atoms with van der Waals surface area (Å²) in [6.45, 7) is 1.26. The van der Waals surface area contributed by atoms with E-state index in [1.54, 1.807) is 43.3 Å². The molecule has 10 nitrogen and oxygen atoms in total. The van der Waals surface area contributed by atoms with E-state index >= 15 is 0 Å². The number of nitro groups is 1. The van der Waals surface area contributed by atoms with Crippen LogP contribution in [0.25, 0.3) is 0 Å². The minimum atomic E-state index is -4.34. The lowest BCUT2D eigenvalue weighted by molar-refractivity contribution is -0.384. The number of carbonyl (C=O) groups excluding carboxylic acids is 2. The van der Waals surface area contributed by atoms with Gasteiger partial charge in [0.05, 0.1) is 25.6 Å². The van der Waals surface area contributed by atoms with Crippen LogP contribution in [0, 0.1) is 10.1 Å². The van der Waals surface area contributed by atoms with Crippen molar-refractivity contribution in [1.29, 1.82) is 0 Å². The number of carbonyl (C=O) groups is 2. The molecular weight excluding hydrogens is 639 g/mol. The molecule has 13 heteroatoms. The monoisotopic (exact) mass is 668 g/mol. The van der Waals surface area contributed by atoms with Crippen molar-refractivity contribution in [2.24, 2.45) is 0 Å². The van der Waals surface area contributed by atoms with Gasteiger partial charge in [-0.05, 0) is 54.4 Å². The third-order valence-corrected chi connectivity index (χ3v) is 9.44. The van der Waals surface area contributed by atoms with Crippen LogP contribution in [0.4, 0.5) is 11.4 Å². The molecule has 0 aromatic heterocycles. The lowest BCUT2D eigenvalue weighted by Crippen LogP contribution is -2.53. The molecule has 1 atom stereocenters. The first kappa shape index (κ1) is 33.4. The van der Waals surface area contributed by atoms with Gasteiger partial charge in [0, 0.05) is 31.6 Å². The molecule has 0 aliphatic heterocycles. The standard InChI is InChI=1S/C32H30Cl2N4O6S/c1-2-35-32(40)30(20-23-9-5-3-6-10-23)36(21-24-13-18-28(33)29(34)19-24)31(39)22-37(25-14-16-26(17-15-25)38(41)42)45(43,44)27-11-7-4-8-12-27/h3-19,30H,2,20-22H2,1H3,(H,35,40). The minimum Gasteiger partial charge on any atom is -0.355 e. The number of likely N-dealkylation sites (N-methyl/N-ethyl adjacent to an activating group) is 1. The fourth-order valence-corrected chi connectivity index (χ4v) is 6.43. The van der Waals surface area contributed by atoms with E-state index in [1.807, 2.05) is 30.3 Å². The quantitative estimate of drug-likeness (QED) is 0.140. The highest BCUT2D eigenvalue weighted by Crippen LogP contribution is 2.28. The molecule has 0 radical (unpaired) electrons. The Morgan fingerprint density at radius 3 is 2.07 bits per heavy atom. The highest BCUT2D eigenvalue weighted by Gasteiger charge is 2.34. The van der Waals surface area contributed by atoms with Crippen molar-refractivity contribution in [3.63, 3.8) is 0 Å². The number of nitrogens with one attached hydrogen (secondary N) is 1. The molecule has 0 bridgehead atoms. The van der Waals surface area contributed by atoms with Gasteiger partial charge in [0.2, 0.25) is 11.8 Å². The van der Waals surface area contributed by atoms with Crippen LogP contribution in [-0.2, 0) is 32.6 Å². The Balaban J connectivity index is 1.81. The van der Waals surface area contributed by atoms with E-state index in [4.69, 9.17) is 23.2 Å². The zero-order chi connectivity index (χ0) is 32.6. The highest BCUT2D eigenvalue weighted by molar-refractivity contribution is 7.92. The average molecular weight is 670 g/mol. The molecule has 0 aliphatic carbocycles. The van der Waals surface area contributed by atoms with Crippen LogP contribution in [0.5, 0.6) is 0 Å². The van der Waals surface area contributed by atoms with E-state index in [-0.39, 0.29) is 34.3 Å². The highest BCUT2D eigenvalue weighted by atomic mass is 35.5. The first-order chi connectivity index (χ1) is 21.5. The molecule has 0 fully saturated rings. The summed E-state index contributed by atoms with van der Waals surface area (Å²) in [5, 5.41) is 14.6. The molecular formula is C32H30Cl2N4O6S. The minimum absolute atomic E-state index is 0.0323. The van der Waals surface area contributed by atoms with Crippen molar-refractivity contribution in [2.75, 3.05) is 17.4 Å². The Labute approximate surface area is 271 Å². The van der Waals surface area contributed by atoms with Crippen LogP contribution in [0.15, 0.2) is 108 Å². The Morgan fingerprint density at radius 2 is 1.49 bits per heavy atom. The maximum absolute atomic E-state index is 14.3. The zero-order valence-corrected chi connectivity index (χ0v) is 26.5. The molecule has 234 valence electrons. The smallest absolute Gasteiger partial charge is 0.269 e. The Hall–Kier alpha value is -4.45. The fourth-order valence-electron chi connectivity index (χ4n) is 4.67. The van der Waals surface area contributed by atoms with Crippen molar-refractivity contribution >= 4 is 56.4 Å². The van der Waals surface area contributed by atoms with Gasteiger partial charge in [-0.1, -0.05) is 77.8 Å². The summed E-state index contributed by atoms with van der Waals surface area (Å²) in [5.74, 6) is -1.12. The lowest BCUT2D eigenvalue weighted by atomic mass is 10.0.